The van der Waals surface area contributed by atoms with Crippen LogP contribution in [0.1, 0.15) is 41.5 Å². The summed E-state index contributed by atoms with van der Waals surface area (Å²) in [5.74, 6) is -0.973. The van der Waals surface area contributed by atoms with Gasteiger partial charge in [0.2, 0.25) is 0 Å². The minimum Gasteiger partial charge on any atom is -0.462 e. The van der Waals surface area contributed by atoms with Crippen molar-refractivity contribution in [2.45, 2.75) is 26.9 Å². The largest absolute Gasteiger partial charge is 0.462 e. The second-order valence-corrected chi connectivity index (χ2v) is 5.45. The van der Waals surface area contributed by atoms with Gasteiger partial charge in [-0.2, -0.15) is 0 Å². The number of carbonyl (C=O) groups is 2. The maximum atomic E-state index is 12.2. The highest BCUT2D eigenvalue weighted by atomic mass is 16.5. The van der Waals surface area contributed by atoms with Crippen molar-refractivity contribution in [3.05, 3.63) is 35.5 Å². The smallest absolute Gasteiger partial charge is 0.341 e. The molecule has 0 aliphatic carbocycles. The molecule has 0 amide bonds. The number of aliphatic hydroxyl groups is 1. The third-order valence-corrected chi connectivity index (χ3v) is 3.45. The molecule has 2 N–H and O–H groups in total. The van der Waals surface area contributed by atoms with E-state index in [0.29, 0.717) is 22.2 Å². The van der Waals surface area contributed by atoms with Gasteiger partial charge in [-0.1, -0.05) is 0 Å². The van der Waals surface area contributed by atoms with Crippen molar-refractivity contribution in [2.75, 3.05) is 25.1 Å². The monoisotopic (exact) mass is 346 g/mol. The summed E-state index contributed by atoms with van der Waals surface area (Å²) < 4.78 is 10.1. The summed E-state index contributed by atoms with van der Waals surface area (Å²) >= 11 is 0. The number of carbonyl (C=O) groups excluding carboxylic acids is 2. The normalized spacial score (nSPS) is 11.8. The number of esters is 2. The molecule has 1 heterocycles. The summed E-state index contributed by atoms with van der Waals surface area (Å²) in [6.07, 6.45) is 0.806. The standard InChI is InChI=1S/C18H22N2O5/c1-4-24-17(22)12-6-7-15-13(8-12)16(20-9-11(3)21)14(10-19-15)18(23)25-5-2/h6-8,10-11,21H,4-5,9H2,1-3H3,(H,19,20)/t11-/m1/s1. The molecule has 0 saturated carbocycles. The fraction of sp³-hybridized carbons (Fsp3) is 0.389. The Morgan fingerprint density at radius 1 is 1.20 bits per heavy atom. The molecular formula is C18H22N2O5. The Balaban J connectivity index is 2.57. The molecule has 0 aliphatic rings. The van der Waals surface area contributed by atoms with Crippen LogP contribution in [0.3, 0.4) is 0 Å². The Labute approximate surface area is 146 Å². The summed E-state index contributed by atoms with van der Waals surface area (Å²) in [7, 11) is 0. The van der Waals surface area contributed by atoms with Gasteiger partial charge in [0.25, 0.3) is 0 Å². The van der Waals surface area contributed by atoms with E-state index in [2.05, 4.69) is 10.3 Å². The number of anilines is 1. The highest BCUT2D eigenvalue weighted by Gasteiger charge is 2.18. The van der Waals surface area contributed by atoms with Crippen LogP contribution >= 0.6 is 0 Å². The number of nitrogens with one attached hydrogen (secondary N) is 1. The van der Waals surface area contributed by atoms with E-state index in [1.165, 1.54) is 6.20 Å². The van der Waals surface area contributed by atoms with Crippen molar-refractivity contribution >= 4 is 28.5 Å². The van der Waals surface area contributed by atoms with Crippen LogP contribution in [0.5, 0.6) is 0 Å². The van der Waals surface area contributed by atoms with Gasteiger partial charge in [0.15, 0.2) is 0 Å². The summed E-state index contributed by atoms with van der Waals surface area (Å²) in [5.41, 5.74) is 1.68. The first-order valence-electron chi connectivity index (χ1n) is 8.16. The molecule has 2 aromatic rings. The molecule has 1 atom stereocenters. The van der Waals surface area contributed by atoms with Crippen molar-refractivity contribution in [1.82, 2.24) is 4.98 Å². The van der Waals surface area contributed by atoms with E-state index in [1.54, 1.807) is 39.0 Å². The highest BCUT2D eigenvalue weighted by molar-refractivity contribution is 6.06. The van der Waals surface area contributed by atoms with Gasteiger partial charge in [-0.05, 0) is 39.0 Å². The molecule has 1 aromatic heterocycles. The van der Waals surface area contributed by atoms with Gasteiger partial charge in [-0.3, -0.25) is 4.98 Å². The lowest BCUT2D eigenvalue weighted by molar-refractivity contribution is 0.0518. The zero-order chi connectivity index (χ0) is 18.4. The van der Waals surface area contributed by atoms with Gasteiger partial charge in [-0.25, -0.2) is 9.59 Å². The highest BCUT2D eigenvalue weighted by Crippen LogP contribution is 2.28. The van der Waals surface area contributed by atoms with E-state index in [1.807, 2.05) is 0 Å². The first-order chi connectivity index (χ1) is 12.0. The minimum absolute atomic E-state index is 0.231. The molecule has 0 radical (unpaired) electrons. The molecule has 0 aliphatic heterocycles. The lowest BCUT2D eigenvalue weighted by Gasteiger charge is -2.15. The third-order valence-electron chi connectivity index (χ3n) is 3.45. The maximum Gasteiger partial charge on any atom is 0.341 e. The quantitative estimate of drug-likeness (QED) is 0.743. The van der Waals surface area contributed by atoms with E-state index < -0.39 is 18.0 Å². The second-order valence-electron chi connectivity index (χ2n) is 5.45. The van der Waals surface area contributed by atoms with E-state index in [9.17, 15) is 14.7 Å². The molecule has 0 bridgehead atoms. The Kier molecular flexibility index (Phi) is 6.30. The number of nitrogens with zero attached hydrogens (tertiary/aromatic N) is 1. The number of hydrogen-bond donors (Lipinski definition) is 2. The Morgan fingerprint density at radius 3 is 2.52 bits per heavy atom. The van der Waals surface area contributed by atoms with Crippen molar-refractivity contribution in [1.29, 1.82) is 0 Å². The summed E-state index contributed by atoms with van der Waals surface area (Å²) in [6, 6.07) is 4.92. The van der Waals surface area contributed by atoms with Crippen molar-refractivity contribution in [2.24, 2.45) is 0 Å². The Hall–Kier alpha value is -2.67. The zero-order valence-electron chi connectivity index (χ0n) is 14.5. The molecule has 1 aromatic carbocycles. The van der Waals surface area contributed by atoms with Gasteiger partial charge in [-0.15, -0.1) is 0 Å². The van der Waals surface area contributed by atoms with E-state index in [-0.39, 0.29) is 25.3 Å². The number of hydrogen-bond acceptors (Lipinski definition) is 7. The molecule has 7 heteroatoms. The minimum atomic E-state index is -0.619. The number of rotatable bonds is 7. The van der Waals surface area contributed by atoms with Crippen LogP contribution in [-0.2, 0) is 9.47 Å². The van der Waals surface area contributed by atoms with Crippen LogP contribution in [0, 0.1) is 0 Å². The van der Waals surface area contributed by atoms with E-state index in [0.717, 1.165) is 0 Å². The molecule has 0 fully saturated rings. The fourth-order valence-electron chi connectivity index (χ4n) is 2.34. The summed E-state index contributed by atoms with van der Waals surface area (Å²) in [4.78, 5) is 28.5. The SMILES string of the molecule is CCOC(=O)c1ccc2ncc(C(=O)OCC)c(NC[C@@H](C)O)c2c1. The maximum absolute atomic E-state index is 12.2. The van der Waals surface area contributed by atoms with Crippen LogP contribution in [0.15, 0.2) is 24.4 Å². The topological polar surface area (TPSA) is 97.8 Å². The number of aromatic nitrogens is 1. The molecule has 0 unspecified atom stereocenters. The van der Waals surface area contributed by atoms with Gasteiger partial charge in [0.1, 0.15) is 5.56 Å². The average Bonchev–Trinajstić information content (AvgIpc) is 2.59. The van der Waals surface area contributed by atoms with E-state index >= 15 is 0 Å². The first kappa shape index (κ1) is 18.7. The number of ether oxygens (including phenoxy) is 2. The summed E-state index contributed by atoms with van der Waals surface area (Å²) in [5, 5.41) is 13.2. The zero-order valence-corrected chi connectivity index (χ0v) is 14.5. The number of aliphatic hydroxyl groups excluding tert-OH is 1. The van der Waals surface area contributed by atoms with Crippen LogP contribution in [0.2, 0.25) is 0 Å². The lowest BCUT2D eigenvalue weighted by Crippen LogP contribution is -2.18. The third kappa shape index (κ3) is 4.45. The van der Waals surface area contributed by atoms with E-state index in [4.69, 9.17) is 9.47 Å². The van der Waals surface area contributed by atoms with Crippen LogP contribution in [0.4, 0.5) is 5.69 Å². The van der Waals surface area contributed by atoms with Gasteiger partial charge in [0, 0.05) is 18.1 Å². The number of fused-ring (bicyclic) bond motifs is 1. The van der Waals surface area contributed by atoms with Gasteiger partial charge < -0.3 is 19.9 Å². The lowest BCUT2D eigenvalue weighted by atomic mass is 10.1. The second kappa shape index (κ2) is 8.43. The van der Waals surface area contributed by atoms with Crippen LogP contribution in [0.25, 0.3) is 10.9 Å². The average molecular weight is 346 g/mol. The molecule has 0 saturated heterocycles. The Morgan fingerprint density at radius 2 is 1.88 bits per heavy atom. The predicted octanol–water partition coefficient (Wildman–Crippen LogP) is 2.38. The van der Waals surface area contributed by atoms with Crippen molar-refractivity contribution < 1.29 is 24.2 Å². The molecule has 0 spiro atoms. The molecule has 7 nitrogen and oxygen atoms in total. The Bertz CT molecular complexity index is 768. The molecule has 134 valence electrons. The van der Waals surface area contributed by atoms with Gasteiger partial charge in [0.05, 0.1) is 36.1 Å². The first-order valence-corrected chi connectivity index (χ1v) is 8.16. The number of pyridine rings is 1. The van der Waals surface area contributed by atoms with Crippen molar-refractivity contribution in [3.8, 4) is 0 Å². The predicted molar refractivity (Wildman–Crippen MR) is 93.8 cm³/mol. The number of benzene rings is 1. The summed E-state index contributed by atoms with van der Waals surface area (Å²) in [6.45, 7) is 5.81. The molecule has 25 heavy (non-hydrogen) atoms. The van der Waals surface area contributed by atoms with Crippen LogP contribution < -0.4 is 5.32 Å². The molecular weight excluding hydrogens is 324 g/mol. The molecule has 2 rings (SSSR count). The van der Waals surface area contributed by atoms with Crippen LogP contribution in [-0.4, -0.2) is 47.9 Å². The van der Waals surface area contributed by atoms with Crippen molar-refractivity contribution in [3.63, 3.8) is 0 Å². The fourth-order valence-corrected chi connectivity index (χ4v) is 2.34. The van der Waals surface area contributed by atoms with Gasteiger partial charge >= 0.3 is 11.9 Å².